The lowest BCUT2D eigenvalue weighted by atomic mass is 10.2. The maximum atomic E-state index is 13.3. The van der Waals surface area contributed by atoms with Gasteiger partial charge in [-0.3, -0.25) is 9.58 Å². The molecule has 10 heteroatoms. The van der Waals surface area contributed by atoms with Crippen molar-refractivity contribution in [3.05, 3.63) is 40.9 Å². The molecule has 2 aliphatic heterocycles. The fourth-order valence-electron chi connectivity index (χ4n) is 3.55. The van der Waals surface area contributed by atoms with Crippen molar-refractivity contribution in [2.45, 2.75) is 39.0 Å². The zero-order valence-corrected chi connectivity index (χ0v) is 16.2. The second-order valence-corrected chi connectivity index (χ2v) is 7.56. The molecular formula is C18H20ClFN6O2. The lowest BCUT2D eigenvalue weighted by Crippen LogP contribution is -2.47. The van der Waals surface area contributed by atoms with E-state index in [1.807, 2.05) is 18.5 Å². The van der Waals surface area contributed by atoms with Gasteiger partial charge in [-0.25, -0.2) is 14.0 Å². The first-order valence-corrected chi connectivity index (χ1v) is 9.36. The molecule has 1 aromatic heterocycles. The monoisotopic (exact) mass is 406 g/mol. The molecule has 1 fully saturated rings. The number of fused-ring (bicyclic) bond motifs is 1. The van der Waals surface area contributed by atoms with E-state index in [9.17, 15) is 14.0 Å². The molecular weight excluding hydrogens is 387 g/mol. The largest absolute Gasteiger partial charge is 0.333 e. The summed E-state index contributed by atoms with van der Waals surface area (Å²) in [5, 5.41) is 9.94. The van der Waals surface area contributed by atoms with Crippen molar-refractivity contribution >= 4 is 35.0 Å². The number of aromatic nitrogens is 2. The first-order chi connectivity index (χ1) is 13.3. The SMILES string of the molecule is CC1CN(c2cnn3c2CN(C(=O)Nc2ccc(F)c(Cl)c2)[C@@H](C)C3)C(=O)N1. The third kappa shape index (κ3) is 3.26. The third-order valence-electron chi connectivity index (χ3n) is 5.01. The van der Waals surface area contributed by atoms with E-state index in [0.717, 1.165) is 5.69 Å². The smallest absolute Gasteiger partial charge is 0.322 e. The molecule has 2 aliphatic rings. The number of nitrogens with zero attached hydrogens (tertiary/aromatic N) is 4. The number of carbonyl (C=O) groups is 2. The molecule has 1 saturated heterocycles. The summed E-state index contributed by atoms with van der Waals surface area (Å²) >= 11 is 5.79. The number of hydrogen-bond acceptors (Lipinski definition) is 3. The highest BCUT2D eigenvalue weighted by Gasteiger charge is 2.35. The van der Waals surface area contributed by atoms with Gasteiger partial charge in [-0.15, -0.1) is 0 Å². The summed E-state index contributed by atoms with van der Waals surface area (Å²) in [6.45, 7) is 5.22. The van der Waals surface area contributed by atoms with E-state index < -0.39 is 5.82 Å². The molecule has 2 N–H and O–H groups in total. The maximum Gasteiger partial charge on any atom is 0.322 e. The molecule has 28 heavy (non-hydrogen) atoms. The third-order valence-corrected chi connectivity index (χ3v) is 5.30. The first-order valence-electron chi connectivity index (χ1n) is 8.99. The van der Waals surface area contributed by atoms with Crippen LogP contribution in [0.15, 0.2) is 24.4 Å². The van der Waals surface area contributed by atoms with Gasteiger partial charge in [-0.1, -0.05) is 11.6 Å². The van der Waals surface area contributed by atoms with E-state index in [0.29, 0.717) is 31.0 Å². The van der Waals surface area contributed by atoms with E-state index in [4.69, 9.17) is 11.6 Å². The van der Waals surface area contributed by atoms with Gasteiger partial charge in [-0.05, 0) is 32.0 Å². The van der Waals surface area contributed by atoms with Crippen LogP contribution in [0.3, 0.4) is 0 Å². The predicted octanol–water partition coefficient (Wildman–Crippen LogP) is 3.03. The van der Waals surface area contributed by atoms with Gasteiger partial charge in [0.25, 0.3) is 0 Å². The van der Waals surface area contributed by atoms with Crippen LogP contribution in [-0.2, 0) is 13.1 Å². The average Bonchev–Trinajstić information content (AvgIpc) is 3.19. The molecule has 0 spiro atoms. The van der Waals surface area contributed by atoms with Gasteiger partial charge in [0.1, 0.15) is 5.82 Å². The molecule has 1 unspecified atom stereocenters. The van der Waals surface area contributed by atoms with E-state index in [1.165, 1.54) is 18.2 Å². The Hall–Kier alpha value is -2.81. The van der Waals surface area contributed by atoms with E-state index in [1.54, 1.807) is 16.0 Å². The predicted molar refractivity (Wildman–Crippen MR) is 103 cm³/mol. The van der Waals surface area contributed by atoms with E-state index in [-0.39, 0.29) is 29.2 Å². The molecule has 4 rings (SSSR count). The van der Waals surface area contributed by atoms with Crippen molar-refractivity contribution in [1.82, 2.24) is 20.0 Å². The molecule has 148 valence electrons. The van der Waals surface area contributed by atoms with Gasteiger partial charge in [0.15, 0.2) is 0 Å². The minimum atomic E-state index is -0.544. The van der Waals surface area contributed by atoms with Crippen molar-refractivity contribution in [3.8, 4) is 0 Å². The second kappa shape index (κ2) is 6.97. The second-order valence-electron chi connectivity index (χ2n) is 7.16. The quantitative estimate of drug-likeness (QED) is 0.804. The molecule has 2 atom stereocenters. The summed E-state index contributed by atoms with van der Waals surface area (Å²) < 4.78 is 15.2. The molecule has 3 heterocycles. The van der Waals surface area contributed by atoms with Crippen LogP contribution < -0.4 is 15.5 Å². The van der Waals surface area contributed by atoms with Crippen molar-refractivity contribution < 1.29 is 14.0 Å². The number of rotatable bonds is 2. The highest BCUT2D eigenvalue weighted by Crippen LogP contribution is 2.29. The topological polar surface area (TPSA) is 82.5 Å². The van der Waals surface area contributed by atoms with Crippen LogP contribution >= 0.6 is 11.6 Å². The van der Waals surface area contributed by atoms with E-state index in [2.05, 4.69) is 15.7 Å². The Balaban J connectivity index is 1.55. The Labute approximate surface area is 166 Å². The zero-order chi connectivity index (χ0) is 20.0. The number of halogens is 2. The Morgan fingerprint density at radius 2 is 2.14 bits per heavy atom. The zero-order valence-electron chi connectivity index (χ0n) is 15.4. The average molecular weight is 407 g/mol. The number of benzene rings is 1. The number of carbonyl (C=O) groups excluding carboxylic acids is 2. The minimum absolute atomic E-state index is 0.0493. The van der Waals surface area contributed by atoms with Crippen LogP contribution in [0.2, 0.25) is 5.02 Å². The highest BCUT2D eigenvalue weighted by molar-refractivity contribution is 6.31. The van der Waals surface area contributed by atoms with Crippen LogP contribution in [0, 0.1) is 5.82 Å². The van der Waals surface area contributed by atoms with Gasteiger partial charge >= 0.3 is 12.1 Å². The lowest BCUT2D eigenvalue weighted by Gasteiger charge is -2.34. The van der Waals surface area contributed by atoms with Crippen LogP contribution in [0.4, 0.5) is 25.4 Å². The molecule has 0 radical (unpaired) electrons. The number of nitrogens with one attached hydrogen (secondary N) is 2. The molecule has 0 bridgehead atoms. The summed E-state index contributed by atoms with van der Waals surface area (Å²) in [6, 6.07) is 3.48. The molecule has 0 saturated carbocycles. The summed E-state index contributed by atoms with van der Waals surface area (Å²) in [5.41, 5.74) is 1.92. The number of urea groups is 2. The first kappa shape index (κ1) is 18.5. The van der Waals surface area contributed by atoms with Gasteiger partial charge in [0.2, 0.25) is 0 Å². The fourth-order valence-corrected chi connectivity index (χ4v) is 3.73. The van der Waals surface area contributed by atoms with Crippen LogP contribution in [0.5, 0.6) is 0 Å². The standard InChI is InChI=1S/C18H20ClFN6O2/c1-10-7-25(17(27)22-10)15-6-21-26-8-11(2)24(9-16(15)26)18(28)23-12-3-4-14(20)13(19)5-12/h3-6,10-11H,7-9H2,1-2H3,(H,22,27)(H,23,28)/t10?,11-/m0/s1. The van der Waals surface area contributed by atoms with Gasteiger partial charge in [0, 0.05) is 18.3 Å². The van der Waals surface area contributed by atoms with Crippen molar-refractivity contribution in [1.29, 1.82) is 0 Å². The van der Waals surface area contributed by atoms with Gasteiger partial charge < -0.3 is 15.5 Å². The molecule has 4 amide bonds. The summed E-state index contributed by atoms with van der Waals surface area (Å²) in [7, 11) is 0. The Morgan fingerprint density at radius 1 is 1.36 bits per heavy atom. The van der Waals surface area contributed by atoms with Crippen LogP contribution in [0.1, 0.15) is 19.5 Å². The Bertz CT molecular complexity index is 948. The normalized spacial score (nSPS) is 21.5. The summed E-state index contributed by atoms with van der Waals surface area (Å²) in [4.78, 5) is 28.3. The Morgan fingerprint density at radius 3 is 2.82 bits per heavy atom. The maximum absolute atomic E-state index is 13.3. The van der Waals surface area contributed by atoms with Gasteiger partial charge in [0.05, 0.1) is 41.7 Å². The van der Waals surface area contributed by atoms with Crippen molar-refractivity contribution in [2.75, 3.05) is 16.8 Å². The molecule has 2 aromatic rings. The molecule has 1 aromatic carbocycles. The summed E-state index contributed by atoms with van der Waals surface area (Å²) in [6.07, 6.45) is 1.67. The van der Waals surface area contributed by atoms with Crippen molar-refractivity contribution in [2.24, 2.45) is 0 Å². The van der Waals surface area contributed by atoms with Crippen molar-refractivity contribution in [3.63, 3.8) is 0 Å². The van der Waals surface area contributed by atoms with Crippen LogP contribution in [-0.4, -0.2) is 45.4 Å². The summed E-state index contributed by atoms with van der Waals surface area (Å²) in [5.74, 6) is -0.544. The fraction of sp³-hybridized carbons (Fsp3) is 0.389. The minimum Gasteiger partial charge on any atom is -0.333 e. The highest BCUT2D eigenvalue weighted by atomic mass is 35.5. The lowest BCUT2D eigenvalue weighted by molar-refractivity contribution is 0.161. The van der Waals surface area contributed by atoms with Gasteiger partial charge in [-0.2, -0.15) is 5.10 Å². The molecule has 8 nitrogen and oxygen atoms in total. The molecule has 0 aliphatic carbocycles. The Kier molecular flexibility index (Phi) is 4.62. The number of amides is 4. The van der Waals surface area contributed by atoms with E-state index >= 15 is 0 Å². The van der Waals surface area contributed by atoms with Crippen LogP contribution in [0.25, 0.3) is 0 Å². The number of anilines is 2. The number of hydrogen-bond donors (Lipinski definition) is 2.